The Balaban J connectivity index is 1.03. The zero-order chi connectivity index (χ0) is 44.1. The van der Waals surface area contributed by atoms with Crippen molar-refractivity contribution in [2.45, 2.75) is 26.2 Å². The predicted octanol–water partition coefficient (Wildman–Crippen LogP) is 14.7. The first kappa shape index (κ1) is 38.0. The summed E-state index contributed by atoms with van der Waals surface area (Å²) in [5.41, 5.74) is 10.9. The number of nitrogens with zero attached hydrogens (tertiary/aromatic N) is 5. The zero-order valence-corrected chi connectivity index (χ0v) is 36.8. The second-order valence-electron chi connectivity index (χ2n) is 18.2. The molecule has 0 fully saturated rings. The van der Waals surface area contributed by atoms with E-state index >= 15 is 0 Å². The van der Waals surface area contributed by atoms with Gasteiger partial charge in [0.15, 0.2) is 12.0 Å². The van der Waals surface area contributed by atoms with Crippen molar-refractivity contribution in [2.75, 3.05) is 0 Å². The molecule has 0 aliphatic rings. The number of imidazole rings is 1. The van der Waals surface area contributed by atoms with E-state index in [0.29, 0.717) is 0 Å². The third-order valence-corrected chi connectivity index (χ3v) is 13.3. The van der Waals surface area contributed by atoms with Gasteiger partial charge in [-0.25, -0.2) is 4.98 Å². The third-order valence-electron chi connectivity index (χ3n) is 13.3. The smallest absolute Gasteiger partial charge is 0.197 e. The minimum atomic E-state index is -0.0183. The Bertz CT molecular complexity index is 4130. The van der Waals surface area contributed by atoms with Gasteiger partial charge in [-0.1, -0.05) is 160 Å². The molecule has 0 saturated carbocycles. The van der Waals surface area contributed by atoms with E-state index < -0.39 is 0 Å². The lowest BCUT2D eigenvalue weighted by atomic mass is 9.88. The Morgan fingerprint density at radius 1 is 0.530 bits per heavy atom. The highest BCUT2D eigenvalue weighted by Gasteiger charge is 2.21. The Kier molecular flexibility index (Phi) is 8.37. The lowest BCUT2D eigenvalue weighted by molar-refractivity contribution is -0.489. The summed E-state index contributed by atoms with van der Waals surface area (Å²) in [6.07, 6.45) is 7.96. The summed E-state index contributed by atoms with van der Waals surface area (Å²) in [5, 5.41) is 9.41. The molecule has 314 valence electrons. The maximum atomic E-state index is 6.79. The van der Waals surface area contributed by atoms with Gasteiger partial charge < -0.3 is 13.7 Å². The van der Waals surface area contributed by atoms with E-state index in [-0.39, 0.29) is 5.41 Å². The molecule has 0 atom stereocenters. The highest BCUT2D eigenvalue weighted by molar-refractivity contribution is 6.24. The van der Waals surface area contributed by atoms with Crippen LogP contribution in [0.4, 0.5) is 0 Å². The monoisotopic (exact) mass is 849 g/mol. The van der Waals surface area contributed by atoms with Crippen LogP contribution in [0.2, 0.25) is 0 Å². The zero-order valence-electron chi connectivity index (χ0n) is 36.8. The summed E-state index contributed by atoms with van der Waals surface area (Å²) in [6, 6.07) is 69.2. The number of hydrogen-bond acceptors (Lipinski definition) is 2. The van der Waals surface area contributed by atoms with Crippen molar-refractivity contribution in [1.29, 1.82) is 0 Å². The van der Waals surface area contributed by atoms with Crippen molar-refractivity contribution in [3.8, 4) is 34.1 Å². The van der Waals surface area contributed by atoms with Crippen LogP contribution in [-0.4, -0.2) is 18.5 Å². The molecule has 8 aromatic carbocycles. The molecule has 0 N–H and O–H groups in total. The van der Waals surface area contributed by atoms with Gasteiger partial charge in [0, 0.05) is 56.6 Å². The Morgan fingerprint density at radius 3 is 2.02 bits per heavy atom. The third kappa shape index (κ3) is 5.88. The molecule has 13 aromatic rings. The van der Waals surface area contributed by atoms with Crippen LogP contribution in [-0.2, 0) is 5.41 Å². The van der Waals surface area contributed by atoms with Crippen LogP contribution in [0.15, 0.2) is 207 Å². The fourth-order valence-electron chi connectivity index (χ4n) is 10.2. The average molecular weight is 850 g/mol. The predicted molar refractivity (Wildman–Crippen MR) is 270 cm³/mol. The maximum absolute atomic E-state index is 6.79. The summed E-state index contributed by atoms with van der Waals surface area (Å²) in [6.45, 7) is 6.71. The number of fused-ring (bicyclic) bond motifs is 13. The van der Waals surface area contributed by atoms with Crippen molar-refractivity contribution in [3.63, 3.8) is 0 Å². The molecule has 6 nitrogen and oxygen atoms in total. The van der Waals surface area contributed by atoms with Gasteiger partial charge in [0.2, 0.25) is 0 Å². The molecule has 0 amide bonds. The van der Waals surface area contributed by atoms with Gasteiger partial charge in [0.05, 0.1) is 11.0 Å². The number of hydrogen-bond donors (Lipinski definition) is 0. The van der Waals surface area contributed by atoms with E-state index in [4.69, 9.17) is 9.72 Å². The minimum Gasteiger partial charge on any atom is -0.458 e. The molecule has 0 saturated heterocycles. The second-order valence-corrected chi connectivity index (χ2v) is 18.2. The van der Waals surface area contributed by atoms with Gasteiger partial charge in [0.25, 0.3) is 0 Å². The largest absolute Gasteiger partial charge is 0.458 e. The first-order valence-electron chi connectivity index (χ1n) is 22.5. The van der Waals surface area contributed by atoms with E-state index in [1.54, 1.807) is 0 Å². The average Bonchev–Trinajstić information content (AvgIpc) is 4.04. The van der Waals surface area contributed by atoms with Crippen LogP contribution in [0.3, 0.4) is 0 Å². The van der Waals surface area contributed by atoms with Gasteiger partial charge in [-0.05, 0) is 86.8 Å². The molecule has 5 aromatic heterocycles. The van der Waals surface area contributed by atoms with Gasteiger partial charge >= 0.3 is 0 Å². The molecular weight excluding hydrogens is 807 g/mol. The Labute approximate surface area is 381 Å². The standard InChI is InChI=1S/C60H43N5O/c1-60(2,3)40-32-33-61-56(34-40)64-53-28-11-7-20-45(53)47-31-30-43(36-55(47)64)66-42-19-13-18-41(35-42)62-37-57-63(38-62)52-27-10-9-22-51(52)58-44(39-16-5-4-6-17-39)23-14-24-48(58)50-26-15-25-49-46-21-8-12-29-54(46)65(57)59(49)50/h4-37H,1-3H3. The van der Waals surface area contributed by atoms with Crippen molar-refractivity contribution in [2.24, 2.45) is 0 Å². The van der Waals surface area contributed by atoms with Crippen molar-refractivity contribution >= 4 is 76.3 Å². The molecule has 0 spiro atoms. The normalized spacial score (nSPS) is 12.2. The Hall–Kier alpha value is -8.48. The van der Waals surface area contributed by atoms with Crippen LogP contribution >= 0.6 is 0 Å². The van der Waals surface area contributed by atoms with Crippen LogP contribution in [0.1, 0.15) is 26.3 Å². The van der Waals surface area contributed by atoms with Gasteiger partial charge in [0.1, 0.15) is 28.4 Å². The van der Waals surface area contributed by atoms with E-state index in [0.717, 1.165) is 67.0 Å². The fourth-order valence-corrected chi connectivity index (χ4v) is 10.2. The molecule has 13 rings (SSSR count). The van der Waals surface area contributed by atoms with Gasteiger partial charge in [-0.3, -0.25) is 8.97 Å². The summed E-state index contributed by atoms with van der Waals surface area (Å²) in [7, 11) is 0. The van der Waals surface area contributed by atoms with Crippen LogP contribution in [0.25, 0.3) is 99.0 Å². The topological polar surface area (TPSA) is 40.5 Å². The molecule has 0 bridgehead atoms. The number of ether oxygens (including phenoxy) is 1. The molecule has 5 heterocycles. The van der Waals surface area contributed by atoms with Crippen molar-refractivity contribution in [3.05, 3.63) is 218 Å². The van der Waals surface area contributed by atoms with Crippen LogP contribution in [0.5, 0.6) is 11.5 Å². The molecule has 0 aliphatic heterocycles. The Morgan fingerprint density at radius 2 is 1.18 bits per heavy atom. The number of aromatic nitrogens is 5. The number of pyridine rings is 1. The summed E-state index contributed by atoms with van der Waals surface area (Å²) < 4.78 is 15.8. The first-order valence-corrected chi connectivity index (χ1v) is 22.5. The summed E-state index contributed by atoms with van der Waals surface area (Å²) in [4.78, 5) is 4.89. The molecule has 0 radical (unpaired) electrons. The second kappa shape index (κ2) is 14.5. The van der Waals surface area contributed by atoms with E-state index in [1.807, 2.05) is 12.3 Å². The molecule has 6 heteroatoms. The number of rotatable bonds is 5. The van der Waals surface area contributed by atoms with E-state index in [1.165, 1.54) is 49.0 Å². The summed E-state index contributed by atoms with van der Waals surface area (Å²) in [5.74, 6) is 2.35. The highest BCUT2D eigenvalue weighted by atomic mass is 16.5. The van der Waals surface area contributed by atoms with E-state index in [2.05, 4.69) is 239 Å². The number of benzene rings is 8. The maximum Gasteiger partial charge on any atom is 0.197 e. The van der Waals surface area contributed by atoms with E-state index in [9.17, 15) is 0 Å². The molecule has 66 heavy (non-hydrogen) atoms. The lowest BCUT2D eigenvalue weighted by Crippen LogP contribution is -2.21. The fraction of sp³-hybridized carbons (Fsp3) is 0.0667. The highest BCUT2D eigenvalue weighted by Crippen LogP contribution is 2.40. The molecule has 0 aliphatic carbocycles. The lowest BCUT2D eigenvalue weighted by Gasteiger charge is -2.20. The first-order chi connectivity index (χ1) is 32.4. The van der Waals surface area contributed by atoms with Crippen molar-refractivity contribution in [1.82, 2.24) is 18.5 Å². The van der Waals surface area contributed by atoms with Crippen LogP contribution < -0.4 is 9.14 Å². The van der Waals surface area contributed by atoms with Gasteiger partial charge in [-0.2, -0.15) is 0 Å². The van der Waals surface area contributed by atoms with Crippen molar-refractivity contribution < 1.29 is 9.14 Å². The minimum absolute atomic E-state index is 0.0183. The van der Waals surface area contributed by atoms with Gasteiger partial charge in [-0.15, -0.1) is 0 Å². The SMILES string of the molecule is CC(C)(C)c1ccnc(-n2c3ccccc3c3ccc(Oc4cccc(-n5[c-][n+]6c7ccccc7c7c(-c8ccccc8)cccc7c7cccc8c9ccccc9n(c78)c6c5)c4)cc32)c1. The quantitative estimate of drug-likeness (QED) is 0.128. The molecular formula is C60H43N5O. The summed E-state index contributed by atoms with van der Waals surface area (Å²) >= 11 is 0. The van der Waals surface area contributed by atoms with Crippen LogP contribution in [0, 0.1) is 6.33 Å². The molecule has 0 unspecified atom stereocenters. The number of para-hydroxylation sites is 4.